The zero-order valence-corrected chi connectivity index (χ0v) is 19.6. The number of carbonyl (C=O) groups is 4. The molecule has 0 saturated heterocycles. The topological polar surface area (TPSA) is 110 Å². The predicted octanol–water partition coefficient (Wildman–Crippen LogP) is 3.23. The summed E-state index contributed by atoms with van der Waals surface area (Å²) in [5.41, 5.74) is 2.09. The van der Waals surface area contributed by atoms with Crippen molar-refractivity contribution in [1.82, 2.24) is 4.40 Å². The van der Waals surface area contributed by atoms with Gasteiger partial charge >= 0.3 is 23.9 Å². The second kappa shape index (κ2) is 10.9. The minimum atomic E-state index is -0.840. The Kier molecular flexibility index (Phi) is 8.48. The molecule has 0 N–H and O–H groups in total. The molecule has 0 fully saturated rings. The molecule has 2 aromatic rings. The molecule has 0 aromatic carbocycles. The van der Waals surface area contributed by atoms with Gasteiger partial charge in [0.1, 0.15) is 16.2 Å². The van der Waals surface area contributed by atoms with E-state index in [9.17, 15) is 19.2 Å². The molecule has 10 heteroatoms. The van der Waals surface area contributed by atoms with E-state index in [1.54, 1.807) is 31.4 Å². The number of nitrogens with zero attached hydrogens (tertiary/aromatic N) is 1. The first-order valence-electron chi connectivity index (χ1n) is 9.75. The molecule has 2 rings (SSSR count). The number of methoxy groups -OCH3 is 2. The number of aryl methyl sites for hydroxylation is 2. The zero-order chi connectivity index (χ0) is 24.0. The SMILES string of the molecule is CCOC(=O)c1c(S/C(=C/C(=O)OC)C(=O)OC)c(C(=O)OCC)n2cc(C)cc(C)c12. The first-order valence-corrected chi connectivity index (χ1v) is 10.6. The molecule has 32 heavy (non-hydrogen) atoms. The highest BCUT2D eigenvalue weighted by atomic mass is 32.2. The predicted molar refractivity (Wildman–Crippen MR) is 117 cm³/mol. The summed E-state index contributed by atoms with van der Waals surface area (Å²) in [6.07, 6.45) is 2.62. The van der Waals surface area contributed by atoms with Gasteiger partial charge in [0, 0.05) is 12.3 Å². The van der Waals surface area contributed by atoms with E-state index < -0.39 is 23.9 Å². The van der Waals surface area contributed by atoms with Crippen LogP contribution in [-0.4, -0.2) is 55.7 Å². The second-order valence-electron chi connectivity index (χ2n) is 6.54. The number of rotatable bonds is 8. The van der Waals surface area contributed by atoms with Crippen molar-refractivity contribution in [2.45, 2.75) is 32.6 Å². The normalized spacial score (nSPS) is 11.2. The zero-order valence-electron chi connectivity index (χ0n) is 18.8. The van der Waals surface area contributed by atoms with Crippen LogP contribution in [0.3, 0.4) is 0 Å². The molecule has 0 aliphatic carbocycles. The number of aromatic nitrogens is 1. The Morgan fingerprint density at radius 1 is 1.00 bits per heavy atom. The van der Waals surface area contributed by atoms with Crippen LogP contribution in [-0.2, 0) is 28.5 Å². The summed E-state index contributed by atoms with van der Waals surface area (Å²) in [6.45, 7) is 7.14. The average Bonchev–Trinajstić information content (AvgIpc) is 3.06. The fraction of sp³-hybridized carbons (Fsp3) is 0.364. The van der Waals surface area contributed by atoms with E-state index in [1.165, 1.54) is 0 Å². The lowest BCUT2D eigenvalue weighted by atomic mass is 10.1. The molecule has 0 aliphatic heterocycles. The summed E-state index contributed by atoms with van der Waals surface area (Å²) < 4.78 is 21.4. The van der Waals surface area contributed by atoms with Crippen molar-refractivity contribution in [2.75, 3.05) is 27.4 Å². The molecular formula is C22H25NO8S. The quantitative estimate of drug-likeness (QED) is 0.252. The van der Waals surface area contributed by atoms with E-state index in [4.69, 9.17) is 14.2 Å². The maximum Gasteiger partial charge on any atom is 0.356 e. The number of hydrogen-bond acceptors (Lipinski definition) is 9. The third kappa shape index (κ3) is 5.13. The Morgan fingerprint density at radius 2 is 1.62 bits per heavy atom. The van der Waals surface area contributed by atoms with Crippen LogP contribution < -0.4 is 0 Å². The van der Waals surface area contributed by atoms with Crippen molar-refractivity contribution in [3.63, 3.8) is 0 Å². The van der Waals surface area contributed by atoms with E-state index in [-0.39, 0.29) is 34.3 Å². The van der Waals surface area contributed by atoms with Crippen LogP contribution >= 0.6 is 11.8 Å². The summed E-state index contributed by atoms with van der Waals surface area (Å²) in [7, 11) is 2.31. The average molecular weight is 464 g/mol. The van der Waals surface area contributed by atoms with Gasteiger partial charge in [-0.15, -0.1) is 0 Å². The first-order chi connectivity index (χ1) is 15.2. The van der Waals surface area contributed by atoms with Gasteiger partial charge in [-0.2, -0.15) is 0 Å². The largest absolute Gasteiger partial charge is 0.466 e. The molecular weight excluding hydrogens is 438 g/mol. The summed E-state index contributed by atoms with van der Waals surface area (Å²) in [5, 5.41) is 0. The molecule has 172 valence electrons. The highest BCUT2D eigenvalue weighted by Crippen LogP contribution is 2.39. The molecule has 0 spiro atoms. The molecule has 0 saturated carbocycles. The van der Waals surface area contributed by atoms with Crippen molar-refractivity contribution in [2.24, 2.45) is 0 Å². The number of carbonyl (C=O) groups excluding carboxylic acids is 4. The van der Waals surface area contributed by atoms with Crippen LogP contribution in [0.5, 0.6) is 0 Å². The van der Waals surface area contributed by atoms with Crippen molar-refractivity contribution in [3.05, 3.63) is 45.6 Å². The number of thioether (sulfide) groups is 1. The summed E-state index contributed by atoms with van der Waals surface area (Å²) in [6, 6.07) is 1.85. The van der Waals surface area contributed by atoms with Crippen LogP contribution in [0.1, 0.15) is 45.8 Å². The molecule has 0 amide bonds. The minimum absolute atomic E-state index is 0.0290. The minimum Gasteiger partial charge on any atom is -0.466 e. The van der Waals surface area contributed by atoms with Gasteiger partial charge < -0.3 is 23.3 Å². The van der Waals surface area contributed by atoms with Crippen molar-refractivity contribution < 1.29 is 38.1 Å². The number of fused-ring (bicyclic) bond motifs is 1. The number of esters is 4. The van der Waals surface area contributed by atoms with E-state index in [0.29, 0.717) is 11.1 Å². The molecule has 0 atom stereocenters. The molecule has 2 aromatic heterocycles. The van der Waals surface area contributed by atoms with Crippen LogP contribution in [0.4, 0.5) is 0 Å². The highest BCUT2D eigenvalue weighted by Gasteiger charge is 2.32. The number of ether oxygens (including phenoxy) is 4. The lowest BCUT2D eigenvalue weighted by Gasteiger charge is -2.09. The molecule has 0 aliphatic rings. The van der Waals surface area contributed by atoms with Gasteiger partial charge in [-0.25, -0.2) is 19.2 Å². The smallest absolute Gasteiger partial charge is 0.356 e. The van der Waals surface area contributed by atoms with Gasteiger partial charge in [0.2, 0.25) is 0 Å². The fourth-order valence-electron chi connectivity index (χ4n) is 3.12. The third-order valence-electron chi connectivity index (χ3n) is 4.31. The van der Waals surface area contributed by atoms with Crippen molar-refractivity contribution in [3.8, 4) is 0 Å². The summed E-state index contributed by atoms with van der Waals surface area (Å²) in [4.78, 5) is 50.1. The molecule has 2 heterocycles. The highest BCUT2D eigenvalue weighted by molar-refractivity contribution is 8.04. The standard InChI is InChI=1S/C22H25NO8S/c1-7-30-21(26)16-17-13(4)9-12(3)11-23(17)18(22(27)31-8-2)19(16)32-14(20(25)29-6)10-15(24)28-5/h9-11H,7-8H2,1-6H3/b14-10+. The van der Waals surface area contributed by atoms with Crippen LogP contribution in [0.15, 0.2) is 28.1 Å². The molecule has 9 nitrogen and oxygen atoms in total. The Morgan fingerprint density at radius 3 is 2.19 bits per heavy atom. The summed E-state index contributed by atoms with van der Waals surface area (Å²) in [5.74, 6) is -3.03. The van der Waals surface area contributed by atoms with Crippen LogP contribution in [0.2, 0.25) is 0 Å². The van der Waals surface area contributed by atoms with Crippen LogP contribution in [0.25, 0.3) is 5.52 Å². The lowest BCUT2D eigenvalue weighted by Crippen LogP contribution is -2.11. The number of pyridine rings is 1. The van der Waals surface area contributed by atoms with Crippen molar-refractivity contribution in [1.29, 1.82) is 0 Å². The molecule has 0 radical (unpaired) electrons. The molecule has 0 unspecified atom stereocenters. The number of hydrogen-bond donors (Lipinski definition) is 0. The maximum absolute atomic E-state index is 13.0. The monoisotopic (exact) mass is 463 g/mol. The Hall–Kier alpha value is -3.27. The van der Waals surface area contributed by atoms with E-state index in [0.717, 1.165) is 37.6 Å². The van der Waals surface area contributed by atoms with Gasteiger partial charge in [0.15, 0.2) is 0 Å². The van der Waals surface area contributed by atoms with Gasteiger partial charge in [-0.05, 0) is 38.8 Å². The first kappa shape index (κ1) is 25.0. The van der Waals surface area contributed by atoms with Crippen molar-refractivity contribution >= 4 is 41.2 Å². The van der Waals surface area contributed by atoms with Gasteiger partial charge in [0.25, 0.3) is 0 Å². The van der Waals surface area contributed by atoms with Crippen LogP contribution in [0, 0.1) is 13.8 Å². The van der Waals surface area contributed by atoms with Gasteiger partial charge in [0.05, 0.1) is 37.8 Å². The fourth-order valence-corrected chi connectivity index (χ4v) is 4.23. The van der Waals surface area contributed by atoms with E-state index in [2.05, 4.69) is 4.74 Å². The van der Waals surface area contributed by atoms with Gasteiger partial charge in [-0.3, -0.25) is 0 Å². The van der Waals surface area contributed by atoms with E-state index in [1.807, 2.05) is 13.0 Å². The Labute approximate surface area is 189 Å². The molecule has 0 bridgehead atoms. The van der Waals surface area contributed by atoms with Gasteiger partial charge in [-0.1, -0.05) is 17.8 Å². The Balaban J connectivity index is 2.94. The summed E-state index contributed by atoms with van der Waals surface area (Å²) >= 11 is 0.730. The lowest BCUT2D eigenvalue weighted by molar-refractivity contribution is -0.137. The Bertz CT molecular complexity index is 1100. The second-order valence-corrected chi connectivity index (χ2v) is 7.59. The van der Waals surface area contributed by atoms with E-state index >= 15 is 0 Å². The maximum atomic E-state index is 13.0. The third-order valence-corrected chi connectivity index (χ3v) is 5.41.